The van der Waals surface area contributed by atoms with Crippen LogP contribution in [0.15, 0.2) is 0 Å². The maximum Gasteiger partial charge on any atom is 0.329 e. The molecule has 4 nitrogen and oxygen atoms in total. The molecule has 0 aromatic carbocycles. The van der Waals surface area contributed by atoms with Crippen LogP contribution in [0.4, 0.5) is 0 Å². The lowest BCUT2D eigenvalue weighted by atomic mass is 10.2. The second-order valence-electron chi connectivity index (χ2n) is 5.81. The highest BCUT2D eigenvalue weighted by molar-refractivity contribution is 5.87. The third-order valence-corrected chi connectivity index (χ3v) is 4.32. The normalized spacial score (nSPS) is 28.7. The molecule has 2 saturated carbocycles. The molecular weight excluding hydrogens is 230 g/mol. The average molecular weight is 251 g/mol. The quantitative estimate of drug-likeness (QED) is 0.719. The number of carbonyl (C=O) groups is 2. The number of nitrogens with zero attached hydrogens (tertiary/aromatic N) is 1. The zero-order chi connectivity index (χ0) is 12.5. The van der Waals surface area contributed by atoms with Gasteiger partial charge in [0.1, 0.15) is 12.1 Å². The first kappa shape index (κ1) is 12.0. The highest BCUT2D eigenvalue weighted by Crippen LogP contribution is 2.34. The fourth-order valence-corrected chi connectivity index (χ4v) is 3.09. The maximum atomic E-state index is 12.1. The Bertz CT molecular complexity index is 345. The van der Waals surface area contributed by atoms with Gasteiger partial charge in [0.15, 0.2) is 0 Å². The summed E-state index contributed by atoms with van der Waals surface area (Å²) in [7, 11) is 0. The maximum absolute atomic E-state index is 12.1. The average Bonchev–Trinajstić information content (AvgIpc) is 2.89. The lowest BCUT2D eigenvalue weighted by Crippen LogP contribution is -2.43. The van der Waals surface area contributed by atoms with Crippen molar-refractivity contribution in [3.8, 4) is 0 Å². The minimum Gasteiger partial charge on any atom is -0.461 e. The van der Waals surface area contributed by atoms with Crippen LogP contribution in [0.25, 0.3) is 0 Å². The van der Waals surface area contributed by atoms with E-state index in [2.05, 4.69) is 0 Å². The van der Waals surface area contributed by atoms with Gasteiger partial charge in [-0.1, -0.05) is 0 Å². The molecule has 3 rings (SSSR count). The Morgan fingerprint density at radius 2 is 1.67 bits per heavy atom. The number of hydrogen-bond acceptors (Lipinski definition) is 3. The zero-order valence-electron chi connectivity index (χ0n) is 10.8. The molecule has 0 aromatic heterocycles. The van der Waals surface area contributed by atoms with E-state index in [0.717, 1.165) is 57.9 Å². The molecule has 1 heterocycles. The summed E-state index contributed by atoms with van der Waals surface area (Å²) in [4.78, 5) is 26.0. The van der Waals surface area contributed by atoms with E-state index in [9.17, 15) is 9.59 Å². The van der Waals surface area contributed by atoms with Crippen LogP contribution in [0.5, 0.6) is 0 Å². The van der Waals surface area contributed by atoms with E-state index < -0.39 is 0 Å². The topological polar surface area (TPSA) is 46.6 Å². The Balaban J connectivity index is 1.58. The van der Waals surface area contributed by atoms with E-state index in [4.69, 9.17) is 4.74 Å². The van der Waals surface area contributed by atoms with Crippen LogP contribution >= 0.6 is 0 Å². The van der Waals surface area contributed by atoms with Crippen molar-refractivity contribution in [1.29, 1.82) is 0 Å². The molecule has 2 aliphatic carbocycles. The number of amides is 1. The number of hydrogen-bond donors (Lipinski definition) is 0. The molecule has 100 valence electrons. The molecule has 1 aliphatic heterocycles. The summed E-state index contributed by atoms with van der Waals surface area (Å²) in [5.74, 6) is 0.221. The summed E-state index contributed by atoms with van der Waals surface area (Å²) < 4.78 is 5.54. The fraction of sp³-hybridized carbons (Fsp3) is 0.857. The van der Waals surface area contributed by atoms with Crippen LogP contribution in [-0.4, -0.2) is 35.5 Å². The van der Waals surface area contributed by atoms with Crippen molar-refractivity contribution < 1.29 is 14.3 Å². The third-order valence-electron chi connectivity index (χ3n) is 4.32. The summed E-state index contributed by atoms with van der Waals surface area (Å²) in [6.07, 6.45) is 8.13. The Kier molecular flexibility index (Phi) is 3.27. The number of likely N-dealkylation sites (tertiary alicyclic amines) is 1. The monoisotopic (exact) mass is 251 g/mol. The summed E-state index contributed by atoms with van der Waals surface area (Å²) in [5.41, 5.74) is 0. The molecule has 1 atom stereocenters. The molecule has 3 fully saturated rings. The van der Waals surface area contributed by atoms with E-state index in [1.165, 1.54) is 0 Å². The van der Waals surface area contributed by atoms with Crippen LogP contribution in [-0.2, 0) is 14.3 Å². The zero-order valence-corrected chi connectivity index (χ0v) is 10.8. The molecule has 0 aromatic rings. The molecule has 0 N–H and O–H groups in total. The molecule has 0 radical (unpaired) electrons. The molecule has 1 saturated heterocycles. The van der Waals surface area contributed by atoms with Gasteiger partial charge in [0.05, 0.1) is 0 Å². The first-order valence-corrected chi connectivity index (χ1v) is 7.26. The molecular formula is C14H21NO3. The van der Waals surface area contributed by atoms with Gasteiger partial charge in [0, 0.05) is 12.5 Å². The lowest BCUT2D eigenvalue weighted by molar-refractivity contribution is -0.158. The Morgan fingerprint density at radius 3 is 2.33 bits per heavy atom. The highest BCUT2D eigenvalue weighted by Gasteiger charge is 2.42. The number of esters is 1. The van der Waals surface area contributed by atoms with Gasteiger partial charge in [-0.3, -0.25) is 4.79 Å². The smallest absolute Gasteiger partial charge is 0.329 e. The van der Waals surface area contributed by atoms with Gasteiger partial charge in [0.2, 0.25) is 5.91 Å². The second kappa shape index (κ2) is 4.90. The van der Waals surface area contributed by atoms with Gasteiger partial charge in [-0.2, -0.15) is 0 Å². The highest BCUT2D eigenvalue weighted by atomic mass is 16.5. The van der Waals surface area contributed by atoms with E-state index in [1.54, 1.807) is 4.90 Å². The largest absolute Gasteiger partial charge is 0.461 e. The van der Waals surface area contributed by atoms with E-state index in [1.807, 2.05) is 0 Å². The van der Waals surface area contributed by atoms with Crippen molar-refractivity contribution in [2.45, 2.75) is 63.5 Å². The Morgan fingerprint density at radius 1 is 0.944 bits per heavy atom. The predicted molar refractivity (Wildman–Crippen MR) is 65.8 cm³/mol. The first-order chi connectivity index (χ1) is 8.75. The Hall–Kier alpha value is -1.06. The fourth-order valence-electron chi connectivity index (χ4n) is 3.09. The molecule has 1 amide bonds. The first-order valence-electron chi connectivity index (χ1n) is 7.26. The van der Waals surface area contributed by atoms with Gasteiger partial charge in [-0.15, -0.1) is 0 Å². The predicted octanol–water partition coefficient (Wildman–Crippen LogP) is 1.87. The van der Waals surface area contributed by atoms with Crippen LogP contribution in [0, 0.1) is 5.92 Å². The van der Waals surface area contributed by atoms with Gasteiger partial charge < -0.3 is 9.64 Å². The van der Waals surface area contributed by atoms with Crippen molar-refractivity contribution >= 4 is 11.9 Å². The van der Waals surface area contributed by atoms with Crippen LogP contribution in [0.1, 0.15) is 51.4 Å². The summed E-state index contributed by atoms with van der Waals surface area (Å²) in [6, 6.07) is -0.293. The van der Waals surface area contributed by atoms with Crippen LogP contribution < -0.4 is 0 Å². The van der Waals surface area contributed by atoms with E-state index in [-0.39, 0.29) is 29.9 Å². The summed E-state index contributed by atoms with van der Waals surface area (Å²) >= 11 is 0. The minimum atomic E-state index is -0.293. The van der Waals surface area contributed by atoms with Crippen LogP contribution in [0.2, 0.25) is 0 Å². The van der Waals surface area contributed by atoms with Crippen molar-refractivity contribution in [2.24, 2.45) is 5.92 Å². The molecule has 3 aliphatic rings. The van der Waals surface area contributed by atoms with Crippen LogP contribution in [0.3, 0.4) is 0 Å². The van der Waals surface area contributed by atoms with Gasteiger partial charge >= 0.3 is 5.97 Å². The minimum absolute atomic E-state index is 0.107. The summed E-state index contributed by atoms with van der Waals surface area (Å²) in [5, 5.41) is 0. The number of rotatable bonds is 3. The van der Waals surface area contributed by atoms with Gasteiger partial charge in [0.25, 0.3) is 0 Å². The SMILES string of the molecule is O=C(OC1CCCC1)C1CCCN1C(=O)C1CC1. The number of ether oxygens (including phenoxy) is 1. The van der Waals surface area contributed by atoms with Crippen molar-refractivity contribution in [3.05, 3.63) is 0 Å². The third kappa shape index (κ3) is 2.38. The van der Waals surface area contributed by atoms with Gasteiger partial charge in [-0.05, 0) is 51.4 Å². The van der Waals surface area contributed by atoms with E-state index in [0.29, 0.717) is 0 Å². The lowest BCUT2D eigenvalue weighted by Gasteiger charge is -2.24. The molecule has 1 unspecified atom stereocenters. The standard InChI is InChI=1S/C14H21NO3/c16-13(10-7-8-10)15-9-3-6-12(15)14(17)18-11-4-1-2-5-11/h10-12H,1-9H2. The van der Waals surface area contributed by atoms with Gasteiger partial charge in [-0.25, -0.2) is 4.79 Å². The molecule has 18 heavy (non-hydrogen) atoms. The Labute approximate surface area is 108 Å². The summed E-state index contributed by atoms with van der Waals surface area (Å²) in [6.45, 7) is 0.736. The molecule has 0 spiro atoms. The van der Waals surface area contributed by atoms with Crippen molar-refractivity contribution in [2.75, 3.05) is 6.54 Å². The number of carbonyl (C=O) groups excluding carboxylic acids is 2. The van der Waals surface area contributed by atoms with E-state index >= 15 is 0 Å². The second-order valence-corrected chi connectivity index (χ2v) is 5.81. The van der Waals surface area contributed by atoms with Crippen molar-refractivity contribution in [3.63, 3.8) is 0 Å². The molecule has 0 bridgehead atoms. The molecule has 4 heteroatoms. The van der Waals surface area contributed by atoms with Crippen molar-refractivity contribution in [1.82, 2.24) is 4.90 Å².